The Labute approximate surface area is 185 Å². The van der Waals surface area contributed by atoms with E-state index in [4.69, 9.17) is 15.2 Å². The van der Waals surface area contributed by atoms with Crippen molar-refractivity contribution in [1.82, 2.24) is 10.3 Å². The summed E-state index contributed by atoms with van der Waals surface area (Å²) < 4.78 is 11.5. The minimum absolute atomic E-state index is 0. The highest BCUT2D eigenvalue weighted by molar-refractivity contribution is 5.95. The molecule has 0 fully saturated rings. The van der Waals surface area contributed by atoms with E-state index in [1.54, 1.807) is 30.6 Å². The highest BCUT2D eigenvalue weighted by atomic mass is 35.5. The van der Waals surface area contributed by atoms with Crippen LogP contribution in [0.1, 0.15) is 49.5 Å². The zero-order chi connectivity index (χ0) is 19.7. The summed E-state index contributed by atoms with van der Waals surface area (Å²) in [6, 6.07) is 9.02. The van der Waals surface area contributed by atoms with Gasteiger partial charge in [0.2, 0.25) is 0 Å². The molecule has 0 unspecified atom stereocenters. The third-order valence-electron chi connectivity index (χ3n) is 4.75. The maximum absolute atomic E-state index is 12.7. The van der Waals surface area contributed by atoms with E-state index >= 15 is 0 Å². The number of carbonyl (C=O) groups excluding carboxylic acids is 1. The normalized spacial score (nSPS) is 10.3. The number of amides is 1. The molecule has 0 radical (unpaired) electrons. The van der Waals surface area contributed by atoms with Crippen LogP contribution in [0.15, 0.2) is 42.7 Å². The number of halogens is 2. The number of hydrogen-bond acceptors (Lipinski definition) is 5. The van der Waals surface area contributed by atoms with Gasteiger partial charge in [-0.05, 0) is 44.0 Å². The highest BCUT2D eigenvalue weighted by Gasteiger charge is 2.27. The minimum Gasteiger partial charge on any atom is -0.490 e. The molecule has 0 aliphatic heterocycles. The van der Waals surface area contributed by atoms with Crippen LogP contribution >= 0.6 is 24.8 Å². The molecule has 1 amide bonds. The monoisotopic (exact) mass is 443 g/mol. The molecular formula is C21H31Cl2N3O3. The molecular weight excluding hydrogens is 413 g/mol. The van der Waals surface area contributed by atoms with Crippen LogP contribution in [0.3, 0.4) is 0 Å². The number of ether oxygens (including phenoxy) is 2. The van der Waals surface area contributed by atoms with Crippen molar-refractivity contribution in [3.05, 3.63) is 53.9 Å². The van der Waals surface area contributed by atoms with E-state index in [-0.39, 0.29) is 30.7 Å². The van der Waals surface area contributed by atoms with Crippen LogP contribution in [-0.4, -0.2) is 29.6 Å². The summed E-state index contributed by atoms with van der Waals surface area (Å²) in [5.41, 5.74) is 6.98. The van der Waals surface area contributed by atoms with Crippen molar-refractivity contribution < 1.29 is 14.3 Å². The molecule has 1 aromatic carbocycles. The zero-order valence-corrected chi connectivity index (χ0v) is 18.8. The molecule has 1 aromatic heterocycles. The number of rotatable bonds is 10. The Morgan fingerprint density at radius 3 is 2.38 bits per heavy atom. The molecule has 2 rings (SSSR count). The summed E-state index contributed by atoms with van der Waals surface area (Å²) in [5, 5.41) is 3.07. The van der Waals surface area contributed by atoms with Crippen molar-refractivity contribution in [2.75, 3.05) is 13.2 Å². The van der Waals surface area contributed by atoms with Gasteiger partial charge in [-0.1, -0.05) is 19.9 Å². The van der Waals surface area contributed by atoms with Crippen LogP contribution in [0.25, 0.3) is 0 Å². The quantitative estimate of drug-likeness (QED) is 0.575. The highest BCUT2D eigenvalue weighted by Crippen LogP contribution is 2.29. The molecule has 0 aliphatic carbocycles. The first kappa shape index (κ1) is 27.0. The van der Waals surface area contributed by atoms with Gasteiger partial charge in [0.15, 0.2) is 11.5 Å². The van der Waals surface area contributed by atoms with Gasteiger partial charge in [0.1, 0.15) is 6.61 Å². The topological polar surface area (TPSA) is 86.5 Å². The molecule has 0 spiro atoms. The maximum Gasteiger partial charge on any atom is 0.251 e. The Hall–Kier alpha value is -2.02. The van der Waals surface area contributed by atoms with Gasteiger partial charge in [-0.3, -0.25) is 9.78 Å². The molecule has 2 aromatic rings. The van der Waals surface area contributed by atoms with E-state index in [1.807, 2.05) is 32.9 Å². The molecule has 0 atom stereocenters. The minimum atomic E-state index is -0.391. The molecule has 29 heavy (non-hydrogen) atoms. The molecule has 0 bridgehead atoms. The van der Waals surface area contributed by atoms with Crippen LogP contribution in [0, 0.1) is 0 Å². The Balaban J connectivity index is 0.00000392. The van der Waals surface area contributed by atoms with Gasteiger partial charge >= 0.3 is 0 Å². The Kier molecular flexibility index (Phi) is 12.3. The number of aromatic nitrogens is 1. The van der Waals surface area contributed by atoms with Crippen LogP contribution in [0.4, 0.5) is 0 Å². The van der Waals surface area contributed by atoms with Gasteiger partial charge in [-0.25, -0.2) is 0 Å². The predicted molar refractivity (Wildman–Crippen MR) is 121 cm³/mol. The van der Waals surface area contributed by atoms with E-state index < -0.39 is 5.54 Å². The smallest absolute Gasteiger partial charge is 0.251 e. The van der Waals surface area contributed by atoms with Crippen molar-refractivity contribution in [3.8, 4) is 11.5 Å². The fourth-order valence-electron chi connectivity index (χ4n) is 2.76. The number of nitrogens with two attached hydrogens (primary N) is 1. The number of hydrogen-bond donors (Lipinski definition) is 2. The third-order valence-corrected chi connectivity index (χ3v) is 4.75. The number of benzene rings is 1. The first-order valence-electron chi connectivity index (χ1n) is 9.38. The predicted octanol–water partition coefficient (Wildman–Crippen LogP) is 4.15. The summed E-state index contributed by atoms with van der Waals surface area (Å²) in [4.78, 5) is 16.8. The van der Waals surface area contributed by atoms with E-state index in [2.05, 4.69) is 10.3 Å². The summed E-state index contributed by atoms with van der Waals surface area (Å²) in [6.07, 6.45) is 5.02. The van der Waals surface area contributed by atoms with Crippen molar-refractivity contribution in [2.45, 2.75) is 45.8 Å². The number of nitrogens with one attached hydrogen (secondary N) is 1. The molecule has 1 heterocycles. The Morgan fingerprint density at radius 1 is 1.10 bits per heavy atom. The lowest BCUT2D eigenvalue weighted by Gasteiger charge is -2.31. The number of nitrogens with zero attached hydrogens (tertiary/aromatic N) is 1. The zero-order valence-electron chi connectivity index (χ0n) is 17.1. The largest absolute Gasteiger partial charge is 0.490 e. The lowest BCUT2D eigenvalue weighted by atomic mass is 9.92. The van der Waals surface area contributed by atoms with Crippen molar-refractivity contribution >= 4 is 30.7 Å². The van der Waals surface area contributed by atoms with Gasteiger partial charge in [0, 0.05) is 30.1 Å². The SMILES string of the molecule is CCOc1cc(C(=O)NC(CC)(CC)CN)ccc1OCc1cccnc1.Cl.Cl. The molecule has 162 valence electrons. The standard InChI is InChI=1S/C21H29N3O3.2ClH/c1-4-21(5-2,15-22)24-20(25)17-9-10-18(19(12-17)26-6-3)27-14-16-8-7-11-23-13-16;;/h7-13H,4-6,14-15,22H2,1-3H3,(H,24,25);2*1H. The third kappa shape index (κ3) is 7.38. The van der Waals surface area contributed by atoms with E-state index in [0.717, 1.165) is 18.4 Å². The number of carbonyl (C=O) groups is 1. The van der Waals surface area contributed by atoms with E-state index in [9.17, 15) is 4.79 Å². The molecule has 0 saturated carbocycles. The average molecular weight is 444 g/mol. The lowest BCUT2D eigenvalue weighted by molar-refractivity contribution is 0.0894. The Bertz CT molecular complexity index is 733. The Morgan fingerprint density at radius 2 is 1.83 bits per heavy atom. The lowest BCUT2D eigenvalue weighted by Crippen LogP contribution is -2.52. The second kappa shape index (κ2) is 13.2. The van der Waals surface area contributed by atoms with Crippen molar-refractivity contribution in [3.63, 3.8) is 0 Å². The van der Waals surface area contributed by atoms with Crippen LogP contribution in [-0.2, 0) is 6.61 Å². The first-order valence-corrected chi connectivity index (χ1v) is 9.38. The maximum atomic E-state index is 12.7. The second-order valence-electron chi connectivity index (χ2n) is 6.39. The van der Waals surface area contributed by atoms with Gasteiger partial charge < -0.3 is 20.5 Å². The summed E-state index contributed by atoms with van der Waals surface area (Å²) in [5.74, 6) is 0.970. The van der Waals surface area contributed by atoms with Crippen molar-refractivity contribution in [2.24, 2.45) is 5.73 Å². The van der Waals surface area contributed by atoms with Crippen molar-refractivity contribution in [1.29, 1.82) is 0 Å². The molecule has 0 saturated heterocycles. The summed E-state index contributed by atoms with van der Waals surface area (Å²) >= 11 is 0. The molecule has 0 aliphatic rings. The van der Waals surface area contributed by atoms with E-state index in [1.165, 1.54) is 0 Å². The second-order valence-corrected chi connectivity index (χ2v) is 6.39. The van der Waals surface area contributed by atoms with Crippen LogP contribution in [0.5, 0.6) is 11.5 Å². The van der Waals surface area contributed by atoms with Gasteiger partial charge in [-0.2, -0.15) is 0 Å². The molecule has 8 heteroatoms. The van der Waals surface area contributed by atoms with E-state index in [0.29, 0.717) is 36.8 Å². The fraction of sp³-hybridized carbons (Fsp3) is 0.429. The fourth-order valence-corrected chi connectivity index (χ4v) is 2.76. The van der Waals surface area contributed by atoms with Gasteiger partial charge in [0.05, 0.1) is 12.1 Å². The van der Waals surface area contributed by atoms with Crippen LogP contribution < -0.4 is 20.5 Å². The number of pyridine rings is 1. The van der Waals surface area contributed by atoms with Gasteiger partial charge in [-0.15, -0.1) is 24.8 Å². The van der Waals surface area contributed by atoms with Gasteiger partial charge in [0.25, 0.3) is 5.91 Å². The summed E-state index contributed by atoms with van der Waals surface area (Å²) in [7, 11) is 0. The molecule has 3 N–H and O–H groups in total. The average Bonchev–Trinajstić information content (AvgIpc) is 2.72. The van der Waals surface area contributed by atoms with Crippen LogP contribution in [0.2, 0.25) is 0 Å². The molecule has 6 nitrogen and oxygen atoms in total. The summed E-state index contributed by atoms with van der Waals surface area (Å²) in [6.45, 7) is 7.20. The first-order chi connectivity index (χ1) is 13.1.